The number of carbonyl (C=O) groups excluding carboxylic acids is 1. The lowest BCUT2D eigenvalue weighted by Gasteiger charge is -2.39. The monoisotopic (exact) mass is 317 g/mol. The average molecular weight is 317 g/mol. The second-order valence-corrected chi connectivity index (χ2v) is 7.13. The van der Waals surface area contributed by atoms with Crippen molar-refractivity contribution in [3.8, 4) is 0 Å². The minimum Gasteiger partial charge on any atom is -0.379 e. The molecule has 1 N–H and O–H groups in total. The van der Waals surface area contributed by atoms with E-state index in [1.54, 1.807) is 0 Å². The number of hydrogen-bond donors (Lipinski definition) is 1. The van der Waals surface area contributed by atoms with Gasteiger partial charge in [0.15, 0.2) is 0 Å². The van der Waals surface area contributed by atoms with E-state index >= 15 is 0 Å². The number of rotatable bonds is 3. The summed E-state index contributed by atoms with van der Waals surface area (Å²) >= 11 is 0. The van der Waals surface area contributed by atoms with E-state index in [0.29, 0.717) is 0 Å². The topological polar surface area (TPSA) is 44.8 Å². The molecule has 0 unspecified atom stereocenters. The summed E-state index contributed by atoms with van der Waals surface area (Å²) in [5.41, 5.74) is 1.99. The van der Waals surface area contributed by atoms with Crippen molar-refractivity contribution in [3.05, 3.63) is 35.4 Å². The van der Waals surface area contributed by atoms with Crippen LogP contribution < -0.4 is 5.32 Å². The standard InChI is InChI=1S/C18H27N3O2/c1-18(2)14-21(7-6-19-18)17(22)16-5-3-4-15(12-16)13-20-8-10-23-11-9-20/h3-5,12,19H,6-11,13-14H2,1-2H3. The molecule has 5 heteroatoms. The molecule has 2 fully saturated rings. The summed E-state index contributed by atoms with van der Waals surface area (Å²) in [7, 11) is 0. The normalized spacial score (nSPS) is 22.1. The number of morpholine rings is 1. The molecular weight excluding hydrogens is 290 g/mol. The van der Waals surface area contributed by atoms with Gasteiger partial charge >= 0.3 is 0 Å². The zero-order valence-electron chi connectivity index (χ0n) is 14.2. The predicted octanol–water partition coefficient (Wildman–Crippen LogP) is 1.34. The van der Waals surface area contributed by atoms with Crippen molar-refractivity contribution in [2.45, 2.75) is 25.9 Å². The maximum Gasteiger partial charge on any atom is 0.253 e. The number of nitrogens with one attached hydrogen (secondary N) is 1. The van der Waals surface area contributed by atoms with Gasteiger partial charge in [-0.1, -0.05) is 12.1 Å². The second kappa shape index (κ2) is 6.99. The van der Waals surface area contributed by atoms with Crippen molar-refractivity contribution >= 4 is 5.91 Å². The Kier molecular flexibility index (Phi) is 4.99. The van der Waals surface area contributed by atoms with Crippen LogP contribution in [0.5, 0.6) is 0 Å². The molecule has 0 spiro atoms. The third-order valence-electron chi connectivity index (χ3n) is 4.54. The van der Waals surface area contributed by atoms with Gasteiger partial charge in [-0.2, -0.15) is 0 Å². The lowest BCUT2D eigenvalue weighted by Crippen LogP contribution is -2.58. The maximum absolute atomic E-state index is 12.8. The summed E-state index contributed by atoms with van der Waals surface area (Å²) in [6.07, 6.45) is 0. The molecule has 0 atom stereocenters. The molecule has 2 aliphatic heterocycles. The molecule has 126 valence electrons. The molecule has 0 aromatic heterocycles. The first-order valence-corrected chi connectivity index (χ1v) is 8.47. The highest BCUT2D eigenvalue weighted by molar-refractivity contribution is 5.94. The predicted molar refractivity (Wildman–Crippen MR) is 90.5 cm³/mol. The third-order valence-corrected chi connectivity index (χ3v) is 4.54. The van der Waals surface area contributed by atoms with Gasteiger partial charge in [0.25, 0.3) is 5.91 Å². The molecule has 0 saturated carbocycles. The summed E-state index contributed by atoms with van der Waals surface area (Å²) in [5.74, 6) is 0.142. The molecule has 23 heavy (non-hydrogen) atoms. The fraction of sp³-hybridized carbons (Fsp3) is 0.611. The summed E-state index contributed by atoms with van der Waals surface area (Å²) in [4.78, 5) is 17.1. The van der Waals surface area contributed by atoms with Crippen LogP contribution in [0.15, 0.2) is 24.3 Å². The SMILES string of the molecule is CC1(C)CN(C(=O)c2cccc(CN3CCOCC3)c2)CCN1. The summed E-state index contributed by atoms with van der Waals surface area (Å²) < 4.78 is 5.39. The van der Waals surface area contributed by atoms with Crippen molar-refractivity contribution in [2.24, 2.45) is 0 Å². The molecule has 0 bridgehead atoms. The molecule has 1 aromatic rings. The van der Waals surface area contributed by atoms with Crippen molar-refractivity contribution in [3.63, 3.8) is 0 Å². The van der Waals surface area contributed by atoms with Gasteiger partial charge in [0.05, 0.1) is 13.2 Å². The van der Waals surface area contributed by atoms with Gasteiger partial charge < -0.3 is 15.0 Å². The van der Waals surface area contributed by atoms with Crippen LogP contribution in [0.1, 0.15) is 29.8 Å². The van der Waals surface area contributed by atoms with Crippen molar-refractivity contribution in [1.29, 1.82) is 0 Å². The van der Waals surface area contributed by atoms with Crippen LogP contribution in [0.4, 0.5) is 0 Å². The fourth-order valence-electron chi connectivity index (χ4n) is 3.32. The van der Waals surface area contributed by atoms with Gasteiger partial charge in [-0.05, 0) is 31.5 Å². The molecule has 1 aromatic carbocycles. The van der Waals surface area contributed by atoms with Crippen LogP contribution in [0, 0.1) is 0 Å². The van der Waals surface area contributed by atoms with Crippen molar-refractivity contribution < 1.29 is 9.53 Å². The molecule has 2 aliphatic rings. The molecule has 2 saturated heterocycles. The van der Waals surface area contributed by atoms with Crippen molar-refractivity contribution in [2.75, 3.05) is 45.9 Å². The van der Waals surface area contributed by atoms with Gasteiger partial charge in [-0.15, -0.1) is 0 Å². The Labute approximate surface area is 138 Å². The number of ether oxygens (including phenoxy) is 1. The Balaban J connectivity index is 1.67. The molecule has 0 aliphatic carbocycles. The number of benzene rings is 1. The lowest BCUT2D eigenvalue weighted by atomic mass is 10.0. The quantitative estimate of drug-likeness (QED) is 0.914. The number of piperazine rings is 1. The number of hydrogen-bond acceptors (Lipinski definition) is 4. The first kappa shape index (κ1) is 16.4. The van der Waals surface area contributed by atoms with E-state index in [1.165, 1.54) is 5.56 Å². The maximum atomic E-state index is 12.8. The Bertz CT molecular complexity index is 553. The summed E-state index contributed by atoms with van der Waals surface area (Å²) in [5, 5.41) is 3.45. The highest BCUT2D eigenvalue weighted by atomic mass is 16.5. The Morgan fingerprint density at radius 3 is 2.78 bits per heavy atom. The summed E-state index contributed by atoms with van der Waals surface area (Å²) in [6.45, 7) is 11.1. The molecule has 5 nitrogen and oxygen atoms in total. The first-order valence-electron chi connectivity index (χ1n) is 8.47. The van der Waals surface area contributed by atoms with E-state index in [0.717, 1.165) is 58.0 Å². The van der Waals surface area contributed by atoms with E-state index in [4.69, 9.17) is 4.74 Å². The number of amides is 1. The highest BCUT2D eigenvalue weighted by Crippen LogP contribution is 2.16. The van der Waals surface area contributed by atoms with Crippen LogP contribution in [0.25, 0.3) is 0 Å². The fourth-order valence-corrected chi connectivity index (χ4v) is 3.32. The smallest absolute Gasteiger partial charge is 0.253 e. The van der Waals surface area contributed by atoms with E-state index < -0.39 is 0 Å². The van der Waals surface area contributed by atoms with Crippen LogP contribution in [0.3, 0.4) is 0 Å². The van der Waals surface area contributed by atoms with Crippen LogP contribution in [-0.2, 0) is 11.3 Å². The van der Waals surface area contributed by atoms with E-state index in [1.807, 2.05) is 23.1 Å². The van der Waals surface area contributed by atoms with Gasteiger partial charge in [0.2, 0.25) is 0 Å². The molecule has 3 rings (SSSR count). The van der Waals surface area contributed by atoms with Crippen molar-refractivity contribution in [1.82, 2.24) is 15.1 Å². The third kappa shape index (κ3) is 4.31. The number of carbonyl (C=O) groups is 1. The lowest BCUT2D eigenvalue weighted by molar-refractivity contribution is 0.0341. The minimum atomic E-state index is -0.0146. The molecule has 2 heterocycles. The first-order chi connectivity index (χ1) is 11.0. The van der Waals surface area contributed by atoms with Gasteiger partial charge in [-0.25, -0.2) is 0 Å². The largest absolute Gasteiger partial charge is 0.379 e. The van der Waals surface area contributed by atoms with Gasteiger partial charge in [-0.3, -0.25) is 9.69 Å². The average Bonchev–Trinajstić information content (AvgIpc) is 2.54. The Morgan fingerprint density at radius 2 is 2.04 bits per heavy atom. The van der Waals surface area contributed by atoms with Crippen LogP contribution in [0.2, 0.25) is 0 Å². The van der Waals surface area contributed by atoms with E-state index in [9.17, 15) is 4.79 Å². The Hall–Kier alpha value is -1.43. The van der Waals surface area contributed by atoms with Gasteiger partial charge in [0, 0.05) is 50.4 Å². The molecule has 1 amide bonds. The van der Waals surface area contributed by atoms with Crippen LogP contribution >= 0.6 is 0 Å². The number of nitrogens with zero attached hydrogens (tertiary/aromatic N) is 2. The van der Waals surface area contributed by atoms with Gasteiger partial charge in [0.1, 0.15) is 0 Å². The second-order valence-electron chi connectivity index (χ2n) is 7.13. The zero-order valence-corrected chi connectivity index (χ0v) is 14.2. The highest BCUT2D eigenvalue weighted by Gasteiger charge is 2.29. The molecule has 0 radical (unpaired) electrons. The zero-order chi connectivity index (χ0) is 16.3. The van der Waals surface area contributed by atoms with E-state index in [-0.39, 0.29) is 11.4 Å². The Morgan fingerprint density at radius 1 is 1.26 bits per heavy atom. The van der Waals surface area contributed by atoms with Crippen LogP contribution in [-0.4, -0.2) is 67.2 Å². The summed E-state index contributed by atoms with van der Waals surface area (Å²) in [6, 6.07) is 8.08. The minimum absolute atomic E-state index is 0.0146. The molecular formula is C18H27N3O2. The van der Waals surface area contributed by atoms with E-state index in [2.05, 4.69) is 30.1 Å².